The largest absolute Gasteiger partial charge is 0.496 e. The van der Waals surface area contributed by atoms with Crippen molar-refractivity contribution >= 4 is 17.6 Å². The Kier molecular flexibility index (Phi) is 5.74. The smallest absolute Gasteiger partial charge is 0.257 e. The summed E-state index contributed by atoms with van der Waals surface area (Å²) in [7, 11) is 1.57. The third kappa shape index (κ3) is 4.45. The predicted molar refractivity (Wildman–Crippen MR) is 104 cm³/mol. The van der Waals surface area contributed by atoms with Gasteiger partial charge in [-0.15, -0.1) is 0 Å². The average molecular weight is 367 g/mol. The molecule has 1 aromatic carbocycles. The maximum absolute atomic E-state index is 12.9. The molecule has 0 spiro atoms. The average Bonchev–Trinajstić information content (AvgIpc) is 2.67. The fraction of sp³-hybridized carbons (Fsp3) is 0.381. The molecule has 0 saturated carbocycles. The van der Waals surface area contributed by atoms with Gasteiger partial charge >= 0.3 is 0 Å². The highest BCUT2D eigenvalue weighted by molar-refractivity contribution is 5.97. The Bertz CT molecular complexity index is 842. The molecule has 0 atom stereocenters. The van der Waals surface area contributed by atoms with Gasteiger partial charge in [-0.3, -0.25) is 9.59 Å². The molecule has 1 fully saturated rings. The monoisotopic (exact) mass is 367 g/mol. The van der Waals surface area contributed by atoms with E-state index in [1.54, 1.807) is 18.2 Å². The summed E-state index contributed by atoms with van der Waals surface area (Å²) in [5.74, 6) is 0.956. The van der Waals surface area contributed by atoms with Crippen molar-refractivity contribution < 1.29 is 14.3 Å². The summed E-state index contributed by atoms with van der Waals surface area (Å²) in [5, 5.41) is 2.88. The van der Waals surface area contributed by atoms with Crippen LogP contribution in [0.4, 0.5) is 5.82 Å². The minimum absolute atomic E-state index is 0.0339. The van der Waals surface area contributed by atoms with Crippen molar-refractivity contribution in [3.8, 4) is 5.75 Å². The molecule has 1 saturated heterocycles. The van der Waals surface area contributed by atoms with Gasteiger partial charge in [0, 0.05) is 25.2 Å². The SMILES string of the molecule is COc1ccc(C)cc1C(=O)N1CCC(C(=O)Nc2cc(C)ccn2)CC1. The van der Waals surface area contributed by atoms with Crippen LogP contribution in [0.15, 0.2) is 36.5 Å². The normalized spacial score (nSPS) is 14.7. The Morgan fingerprint density at radius 3 is 2.48 bits per heavy atom. The number of nitrogens with one attached hydrogen (secondary N) is 1. The van der Waals surface area contributed by atoms with Gasteiger partial charge in [0.2, 0.25) is 5.91 Å². The van der Waals surface area contributed by atoms with E-state index < -0.39 is 0 Å². The first-order valence-corrected chi connectivity index (χ1v) is 9.15. The molecule has 0 unspecified atom stereocenters. The van der Waals surface area contributed by atoms with E-state index in [0.717, 1.165) is 11.1 Å². The topological polar surface area (TPSA) is 71.5 Å². The third-order valence-electron chi connectivity index (χ3n) is 4.91. The van der Waals surface area contributed by atoms with Crippen molar-refractivity contribution in [1.29, 1.82) is 0 Å². The van der Waals surface area contributed by atoms with Crippen LogP contribution < -0.4 is 10.1 Å². The van der Waals surface area contributed by atoms with Gasteiger partial charge < -0.3 is 15.0 Å². The number of ether oxygens (including phenoxy) is 1. The molecular weight excluding hydrogens is 342 g/mol. The van der Waals surface area contributed by atoms with Crippen molar-refractivity contribution in [2.75, 3.05) is 25.5 Å². The number of amides is 2. The standard InChI is InChI=1S/C21H25N3O3/c1-14-4-5-18(27-3)17(12-14)21(26)24-10-7-16(8-11-24)20(25)23-19-13-15(2)6-9-22-19/h4-6,9,12-13,16H,7-8,10-11H2,1-3H3,(H,22,23,25). The highest BCUT2D eigenvalue weighted by Gasteiger charge is 2.29. The molecule has 1 aliphatic rings. The molecule has 2 amide bonds. The molecule has 3 rings (SSSR count). The zero-order chi connectivity index (χ0) is 19.4. The van der Waals surface area contributed by atoms with E-state index in [4.69, 9.17) is 4.74 Å². The van der Waals surface area contributed by atoms with Gasteiger partial charge in [-0.2, -0.15) is 0 Å². The van der Waals surface area contributed by atoms with Gasteiger partial charge in [-0.1, -0.05) is 11.6 Å². The van der Waals surface area contributed by atoms with Gasteiger partial charge in [0.1, 0.15) is 11.6 Å². The van der Waals surface area contributed by atoms with E-state index in [-0.39, 0.29) is 17.7 Å². The number of carbonyl (C=O) groups is 2. The van der Waals surface area contributed by atoms with Crippen LogP contribution in [0.3, 0.4) is 0 Å². The predicted octanol–water partition coefficient (Wildman–Crippen LogP) is 3.20. The van der Waals surface area contributed by atoms with Crippen LogP contribution in [0.25, 0.3) is 0 Å². The van der Waals surface area contributed by atoms with Gasteiger partial charge in [-0.25, -0.2) is 4.98 Å². The number of methoxy groups -OCH3 is 1. The number of hydrogen-bond donors (Lipinski definition) is 1. The molecule has 2 heterocycles. The fourth-order valence-electron chi connectivity index (χ4n) is 3.34. The molecule has 0 radical (unpaired) electrons. The van der Waals surface area contributed by atoms with Crippen molar-refractivity contribution in [3.05, 3.63) is 53.2 Å². The van der Waals surface area contributed by atoms with Gasteiger partial charge in [0.15, 0.2) is 0 Å². The number of carbonyl (C=O) groups excluding carboxylic acids is 2. The van der Waals surface area contributed by atoms with Crippen LogP contribution in [0, 0.1) is 19.8 Å². The molecular formula is C21H25N3O3. The Morgan fingerprint density at radius 1 is 1.11 bits per heavy atom. The first kappa shape index (κ1) is 18.9. The second-order valence-electron chi connectivity index (χ2n) is 6.98. The summed E-state index contributed by atoms with van der Waals surface area (Å²) in [4.78, 5) is 31.3. The second-order valence-corrected chi connectivity index (χ2v) is 6.98. The minimum atomic E-state index is -0.115. The zero-order valence-electron chi connectivity index (χ0n) is 16.0. The fourth-order valence-corrected chi connectivity index (χ4v) is 3.34. The number of rotatable bonds is 4. The van der Waals surface area contributed by atoms with Crippen LogP contribution in [0.1, 0.15) is 34.3 Å². The molecule has 1 aromatic heterocycles. The van der Waals surface area contributed by atoms with Gasteiger partial charge in [0.05, 0.1) is 12.7 Å². The first-order chi connectivity index (χ1) is 13.0. The van der Waals surface area contributed by atoms with Crippen LogP contribution in [0.5, 0.6) is 5.75 Å². The van der Waals surface area contributed by atoms with Crippen LogP contribution in [-0.2, 0) is 4.79 Å². The van der Waals surface area contributed by atoms with E-state index in [2.05, 4.69) is 10.3 Å². The molecule has 6 nitrogen and oxygen atoms in total. The van der Waals surface area contributed by atoms with Crippen LogP contribution >= 0.6 is 0 Å². The third-order valence-corrected chi connectivity index (χ3v) is 4.91. The van der Waals surface area contributed by atoms with Crippen molar-refractivity contribution in [2.24, 2.45) is 5.92 Å². The lowest BCUT2D eigenvalue weighted by atomic mass is 9.95. The number of aromatic nitrogens is 1. The van der Waals surface area contributed by atoms with Crippen molar-refractivity contribution in [1.82, 2.24) is 9.88 Å². The lowest BCUT2D eigenvalue weighted by Gasteiger charge is -2.31. The zero-order valence-corrected chi connectivity index (χ0v) is 16.0. The molecule has 27 heavy (non-hydrogen) atoms. The molecule has 1 aliphatic heterocycles. The number of hydrogen-bond acceptors (Lipinski definition) is 4. The Hall–Kier alpha value is -2.89. The molecule has 1 N–H and O–H groups in total. The summed E-state index contributed by atoms with van der Waals surface area (Å²) in [6.07, 6.45) is 2.95. The van der Waals surface area contributed by atoms with E-state index in [0.29, 0.717) is 43.1 Å². The maximum Gasteiger partial charge on any atom is 0.257 e. The summed E-state index contributed by atoms with van der Waals surface area (Å²) < 4.78 is 5.33. The summed E-state index contributed by atoms with van der Waals surface area (Å²) in [6.45, 7) is 5.01. The molecule has 0 bridgehead atoms. The van der Waals surface area contributed by atoms with Gasteiger partial charge in [0.25, 0.3) is 5.91 Å². The lowest BCUT2D eigenvalue weighted by molar-refractivity contribution is -0.121. The van der Waals surface area contributed by atoms with Gasteiger partial charge in [-0.05, 0) is 56.5 Å². The van der Waals surface area contributed by atoms with E-state index in [9.17, 15) is 9.59 Å². The van der Waals surface area contributed by atoms with Crippen LogP contribution in [0.2, 0.25) is 0 Å². The highest BCUT2D eigenvalue weighted by atomic mass is 16.5. The van der Waals surface area contributed by atoms with Crippen molar-refractivity contribution in [3.63, 3.8) is 0 Å². The number of benzene rings is 1. The second kappa shape index (κ2) is 8.20. The quantitative estimate of drug-likeness (QED) is 0.901. The Labute approximate surface area is 159 Å². The van der Waals surface area contributed by atoms with E-state index in [1.165, 1.54) is 0 Å². The Morgan fingerprint density at radius 2 is 1.81 bits per heavy atom. The molecule has 2 aromatic rings. The van der Waals surface area contributed by atoms with Crippen molar-refractivity contribution in [2.45, 2.75) is 26.7 Å². The maximum atomic E-state index is 12.9. The molecule has 142 valence electrons. The lowest BCUT2D eigenvalue weighted by Crippen LogP contribution is -2.41. The van der Waals surface area contributed by atoms with E-state index in [1.807, 2.05) is 44.2 Å². The number of nitrogens with zero attached hydrogens (tertiary/aromatic N) is 2. The first-order valence-electron chi connectivity index (χ1n) is 9.15. The highest BCUT2D eigenvalue weighted by Crippen LogP contribution is 2.25. The number of aryl methyl sites for hydroxylation is 2. The summed E-state index contributed by atoms with van der Waals surface area (Å²) in [5.41, 5.74) is 2.64. The molecule has 6 heteroatoms. The number of pyridine rings is 1. The summed E-state index contributed by atoms with van der Waals surface area (Å²) in [6, 6.07) is 9.33. The number of piperidine rings is 1. The number of anilines is 1. The van der Waals surface area contributed by atoms with E-state index >= 15 is 0 Å². The number of likely N-dealkylation sites (tertiary alicyclic amines) is 1. The summed E-state index contributed by atoms with van der Waals surface area (Å²) >= 11 is 0. The van der Waals surface area contributed by atoms with Crippen LogP contribution in [-0.4, -0.2) is 41.9 Å². The molecule has 0 aliphatic carbocycles. The minimum Gasteiger partial charge on any atom is -0.496 e. The Balaban J connectivity index is 1.61.